The van der Waals surface area contributed by atoms with Gasteiger partial charge in [-0.1, -0.05) is 49.1 Å². The molecule has 0 unspecified atom stereocenters. The van der Waals surface area contributed by atoms with Crippen LogP contribution in [0.25, 0.3) is 0 Å². The van der Waals surface area contributed by atoms with Crippen molar-refractivity contribution in [1.82, 2.24) is 35.2 Å². The van der Waals surface area contributed by atoms with Crippen LogP contribution in [-0.2, 0) is 35.8 Å². The number of rotatable bonds is 22. The molecule has 1 aliphatic carbocycles. The number of aryl methyl sites for hydroxylation is 1. The number of benzene rings is 2. The summed E-state index contributed by atoms with van der Waals surface area (Å²) in [5, 5.41) is 21.3. The van der Waals surface area contributed by atoms with Gasteiger partial charge < -0.3 is 42.1 Å². The zero-order valence-electron chi connectivity index (χ0n) is 33.0. The molecule has 18 heteroatoms. The van der Waals surface area contributed by atoms with Gasteiger partial charge in [-0.05, 0) is 62.4 Å². The average Bonchev–Trinajstić information content (AvgIpc) is 3.18. The molecule has 4 rings (SSSR count). The maximum Gasteiger partial charge on any atom is 0.277 e. The summed E-state index contributed by atoms with van der Waals surface area (Å²) >= 11 is 0. The minimum Gasteiger partial charge on any atom is -0.370 e. The SMILES string of the molecule is Cc1ccc(NC(=O)CCN2CCN(CCC(=O)Nc3ccc(C[C@H](NC(=O)CNS(=O)(=O)NC4CCCCC4)C(=O)NCCCCNC(=N)N)cc3)CC2)cc1. The summed E-state index contributed by atoms with van der Waals surface area (Å²) in [4.78, 5) is 55.8. The monoisotopic (exact) mass is 811 g/mol. The molecule has 1 saturated heterocycles. The number of nitrogens with zero attached hydrogens (tertiary/aromatic N) is 2. The highest BCUT2D eigenvalue weighted by molar-refractivity contribution is 7.87. The molecule has 1 atom stereocenters. The van der Waals surface area contributed by atoms with E-state index in [9.17, 15) is 27.6 Å². The van der Waals surface area contributed by atoms with E-state index in [0.717, 1.165) is 75.1 Å². The van der Waals surface area contributed by atoms with Crippen LogP contribution in [0.3, 0.4) is 0 Å². The van der Waals surface area contributed by atoms with Crippen molar-refractivity contribution in [2.75, 3.05) is 69.5 Å². The van der Waals surface area contributed by atoms with Crippen molar-refractivity contribution in [2.24, 2.45) is 5.73 Å². The summed E-state index contributed by atoms with van der Waals surface area (Å²) in [6.45, 7) is 6.86. The molecule has 2 aliphatic rings. The summed E-state index contributed by atoms with van der Waals surface area (Å²) in [6.07, 6.45) is 6.61. The predicted molar refractivity (Wildman–Crippen MR) is 222 cm³/mol. The summed E-state index contributed by atoms with van der Waals surface area (Å²) in [5.74, 6) is -1.33. The summed E-state index contributed by atoms with van der Waals surface area (Å²) in [6, 6.07) is 13.6. The van der Waals surface area contributed by atoms with Crippen LogP contribution in [0.4, 0.5) is 11.4 Å². The zero-order valence-corrected chi connectivity index (χ0v) is 33.9. The largest absolute Gasteiger partial charge is 0.370 e. The van der Waals surface area contributed by atoms with Crippen LogP contribution < -0.4 is 41.8 Å². The van der Waals surface area contributed by atoms with Gasteiger partial charge in [0.2, 0.25) is 23.6 Å². The molecular formula is C39H61N11O6S. The lowest BCUT2D eigenvalue weighted by molar-refractivity contribution is -0.128. The number of amides is 4. The molecule has 10 N–H and O–H groups in total. The second kappa shape index (κ2) is 23.6. The van der Waals surface area contributed by atoms with Crippen molar-refractivity contribution in [3.05, 3.63) is 59.7 Å². The second-order valence-electron chi connectivity index (χ2n) is 14.8. The Morgan fingerprint density at radius 1 is 0.772 bits per heavy atom. The lowest BCUT2D eigenvalue weighted by Crippen LogP contribution is -2.52. The van der Waals surface area contributed by atoms with E-state index in [4.69, 9.17) is 11.1 Å². The Kier molecular flexibility index (Phi) is 18.6. The van der Waals surface area contributed by atoms with Crippen LogP contribution in [-0.4, -0.2) is 119 Å². The minimum atomic E-state index is -3.91. The molecule has 0 radical (unpaired) electrons. The van der Waals surface area contributed by atoms with Gasteiger partial charge in [0.15, 0.2) is 5.96 Å². The Morgan fingerprint density at radius 2 is 1.30 bits per heavy atom. The van der Waals surface area contributed by atoms with Crippen molar-refractivity contribution in [3.63, 3.8) is 0 Å². The number of carbonyl (C=O) groups excluding carboxylic acids is 4. The van der Waals surface area contributed by atoms with E-state index < -0.39 is 34.6 Å². The number of unbranched alkanes of at least 4 members (excludes halogenated alkanes) is 1. The third-order valence-electron chi connectivity index (χ3n) is 10.0. The lowest BCUT2D eigenvalue weighted by Gasteiger charge is -2.34. The van der Waals surface area contributed by atoms with Gasteiger partial charge >= 0.3 is 0 Å². The quantitative estimate of drug-likeness (QED) is 0.0467. The van der Waals surface area contributed by atoms with Crippen LogP contribution >= 0.6 is 0 Å². The van der Waals surface area contributed by atoms with Crippen LogP contribution in [0, 0.1) is 12.3 Å². The van der Waals surface area contributed by atoms with E-state index >= 15 is 0 Å². The third-order valence-corrected chi connectivity index (χ3v) is 11.2. The molecule has 0 aromatic heterocycles. The molecule has 4 amide bonds. The van der Waals surface area contributed by atoms with E-state index in [1.54, 1.807) is 24.3 Å². The Balaban J connectivity index is 1.19. The van der Waals surface area contributed by atoms with Gasteiger partial charge in [-0.3, -0.25) is 24.6 Å². The Bertz CT molecular complexity index is 1710. The number of anilines is 2. The van der Waals surface area contributed by atoms with Crippen LogP contribution in [0.2, 0.25) is 0 Å². The minimum absolute atomic E-state index is 0.00803. The highest BCUT2D eigenvalue weighted by atomic mass is 32.2. The summed E-state index contributed by atoms with van der Waals surface area (Å²) in [7, 11) is -3.91. The first-order valence-electron chi connectivity index (χ1n) is 20.0. The van der Waals surface area contributed by atoms with Crippen molar-refractivity contribution in [1.29, 1.82) is 5.41 Å². The number of guanidine groups is 1. The molecule has 1 heterocycles. The Labute approximate surface area is 336 Å². The Morgan fingerprint density at radius 3 is 1.84 bits per heavy atom. The van der Waals surface area contributed by atoms with Crippen molar-refractivity contribution >= 4 is 51.2 Å². The van der Waals surface area contributed by atoms with E-state index in [0.29, 0.717) is 57.5 Å². The number of carbonyl (C=O) groups is 4. The van der Waals surface area contributed by atoms with Gasteiger partial charge in [-0.15, -0.1) is 0 Å². The van der Waals surface area contributed by atoms with E-state index in [-0.39, 0.29) is 30.2 Å². The molecule has 314 valence electrons. The highest BCUT2D eigenvalue weighted by Crippen LogP contribution is 2.18. The Hall–Kier alpha value is -4.62. The molecule has 17 nitrogen and oxygen atoms in total. The zero-order chi connectivity index (χ0) is 41.0. The van der Waals surface area contributed by atoms with Crippen molar-refractivity contribution in [3.8, 4) is 0 Å². The standard InChI is InChI=1S/C39H61N11O6S/c1-29-9-13-31(14-10-29)45-35(51)17-21-49-23-25-50(26-24-49)22-18-36(52)46-32-15-11-30(12-16-32)27-34(38(54)42-19-5-6-20-43-39(40)41)47-37(53)28-44-57(55,56)48-33-7-3-2-4-8-33/h9-16,33-34,44,48H,2-8,17-28H2,1H3,(H,42,54)(H,45,51)(H,46,52)(H,47,53)(H4,40,41,43)/t34-/m0/s1. The van der Waals surface area contributed by atoms with Gasteiger partial charge in [0.05, 0.1) is 6.54 Å². The van der Waals surface area contributed by atoms with Gasteiger partial charge in [-0.25, -0.2) is 0 Å². The normalized spacial score (nSPS) is 15.9. The first-order valence-corrected chi connectivity index (χ1v) is 21.4. The van der Waals surface area contributed by atoms with Crippen LogP contribution in [0.1, 0.15) is 68.9 Å². The maximum atomic E-state index is 13.2. The fraction of sp³-hybridized carbons (Fsp3) is 0.564. The molecule has 0 bridgehead atoms. The van der Waals surface area contributed by atoms with E-state index in [1.807, 2.05) is 31.2 Å². The molecule has 0 spiro atoms. The lowest BCUT2D eigenvalue weighted by atomic mass is 9.96. The van der Waals surface area contributed by atoms with Crippen LogP contribution in [0.15, 0.2) is 48.5 Å². The van der Waals surface area contributed by atoms with E-state index in [2.05, 4.69) is 45.8 Å². The fourth-order valence-corrected chi connectivity index (χ4v) is 7.78. The molecule has 2 aromatic rings. The predicted octanol–water partition coefficient (Wildman–Crippen LogP) is 1.13. The third kappa shape index (κ3) is 18.0. The summed E-state index contributed by atoms with van der Waals surface area (Å²) < 4.78 is 30.0. The van der Waals surface area contributed by atoms with Crippen molar-refractivity contribution < 1.29 is 27.6 Å². The molecular weight excluding hydrogens is 751 g/mol. The second-order valence-corrected chi connectivity index (χ2v) is 16.3. The molecule has 1 saturated carbocycles. The summed E-state index contributed by atoms with van der Waals surface area (Å²) in [5.41, 5.74) is 8.57. The molecule has 2 fully saturated rings. The smallest absolute Gasteiger partial charge is 0.277 e. The average molecular weight is 812 g/mol. The number of hydrogen-bond acceptors (Lipinski definition) is 9. The first kappa shape index (κ1) is 45.1. The van der Waals surface area contributed by atoms with Gasteiger partial charge in [0.1, 0.15) is 6.04 Å². The fourth-order valence-electron chi connectivity index (χ4n) is 6.70. The van der Waals surface area contributed by atoms with Crippen molar-refractivity contribution in [2.45, 2.75) is 83.2 Å². The first-order chi connectivity index (χ1) is 27.3. The van der Waals surface area contributed by atoms with Crippen LogP contribution in [0.5, 0.6) is 0 Å². The number of hydrogen-bond donors (Lipinski definition) is 9. The molecule has 57 heavy (non-hydrogen) atoms. The van der Waals surface area contributed by atoms with Gasteiger partial charge in [-0.2, -0.15) is 17.9 Å². The topological polar surface area (TPSA) is 243 Å². The van der Waals surface area contributed by atoms with E-state index in [1.165, 1.54) is 0 Å². The number of nitrogens with one attached hydrogen (secondary N) is 8. The highest BCUT2D eigenvalue weighted by Gasteiger charge is 2.24. The number of piperazine rings is 1. The maximum absolute atomic E-state index is 13.2. The molecule has 2 aromatic carbocycles. The number of nitrogens with two attached hydrogens (primary N) is 1. The molecule has 1 aliphatic heterocycles. The van der Waals surface area contributed by atoms with Gasteiger partial charge in [0, 0.05) is 89.0 Å². The van der Waals surface area contributed by atoms with Gasteiger partial charge in [0.25, 0.3) is 10.2 Å².